The van der Waals surface area contributed by atoms with E-state index >= 15 is 0 Å². The summed E-state index contributed by atoms with van der Waals surface area (Å²) in [6, 6.07) is 5.22. The number of carbonyl (C=O) groups excluding carboxylic acids is 1. The van der Waals surface area contributed by atoms with E-state index < -0.39 is 6.10 Å². The summed E-state index contributed by atoms with van der Waals surface area (Å²) >= 11 is 0. The van der Waals surface area contributed by atoms with Crippen molar-refractivity contribution in [3.8, 4) is 11.5 Å². The maximum atomic E-state index is 12.0. The molecule has 19 heavy (non-hydrogen) atoms. The Hall–Kier alpha value is -2.12. The Balaban J connectivity index is 1.79. The highest BCUT2D eigenvalue weighted by molar-refractivity contribution is 5.92. The predicted octanol–water partition coefficient (Wildman–Crippen LogP) is 0.726. The van der Waals surface area contributed by atoms with E-state index in [-0.39, 0.29) is 24.8 Å². The van der Waals surface area contributed by atoms with Gasteiger partial charge in [0, 0.05) is 6.07 Å². The molecule has 2 aromatic rings. The first-order valence-electron chi connectivity index (χ1n) is 5.88. The molecule has 1 atom stereocenters. The van der Waals surface area contributed by atoms with Crippen molar-refractivity contribution in [1.29, 1.82) is 0 Å². The number of nitrogens with one attached hydrogen (secondary N) is 1. The van der Waals surface area contributed by atoms with Gasteiger partial charge in [0.1, 0.15) is 24.2 Å². The van der Waals surface area contributed by atoms with Gasteiger partial charge in [-0.3, -0.25) is 14.7 Å². The molecule has 0 bridgehead atoms. The number of nitrogens with zero attached hydrogens (tertiary/aromatic N) is 2. The molecule has 0 saturated carbocycles. The average molecular weight is 263 g/mol. The molecule has 1 saturated heterocycles. The van der Waals surface area contributed by atoms with Crippen LogP contribution in [-0.2, 0) is 4.84 Å². The number of aliphatic hydroxyl groups excluding tert-OH is 1. The number of H-pyrrole nitrogens is 1. The molecule has 1 fully saturated rings. The minimum atomic E-state index is -0.643. The Morgan fingerprint density at radius 1 is 1.58 bits per heavy atom. The van der Waals surface area contributed by atoms with Crippen LogP contribution in [0.25, 0.3) is 11.5 Å². The third kappa shape index (κ3) is 2.25. The first-order chi connectivity index (χ1) is 9.13. The summed E-state index contributed by atoms with van der Waals surface area (Å²) in [6.45, 7) is 2.12. The lowest BCUT2D eigenvalue weighted by atomic mass is 10.3. The average Bonchev–Trinajstić information content (AvgIpc) is 3.07. The molecule has 7 heteroatoms. The van der Waals surface area contributed by atoms with Gasteiger partial charge in [-0.2, -0.15) is 5.10 Å². The highest BCUT2D eigenvalue weighted by atomic mass is 16.7. The first kappa shape index (κ1) is 11.9. The van der Waals surface area contributed by atoms with Gasteiger partial charge in [-0.1, -0.05) is 0 Å². The summed E-state index contributed by atoms with van der Waals surface area (Å²) in [5, 5.41) is 17.1. The third-order valence-electron chi connectivity index (χ3n) is 2.83. The molecule has 100 valence electrons. The molecule has 0 spiro atoms. The van der Waals surface area contributed by atoms with Crippen molar-refractivity contribution in [1.82, 2.24) is 15.3 Å². The normalized spacial score (nSPS) is 19.1. The summed E-state index contributed by atoms with van der Waals surface area (Å²) in [5.74, 6) is 1.01. The van der Waals surface area contributed by atoms with Crippen LogP contribution >= 0.6 is 0 Å². The van der Waals surface area contributed by atoms with Gasteiger partial charge in [-0.05, 0) is 19.1 Å². The molecular formula is C12H13N3O4. The second-order valence-corrected chi connectivity index (χ2v) is 4.39. The molecule has 1 amide bonds. The van der Waals surface area contributed by atoms with Gasteiger partial charge < -0.3 is 9.52 Å². The second-order valence-electron chi connectivity index (χ2n) is 4.39. The number of hydroxylamine groups is 2. The number of β-amino-alcohol motifs (C(OH)–C–C–N with tert-alkyl or cyclic N) is 1. The fourth-order valence-electron chi connectivity index (χ4n) is 1.88. The molecule has 7 nitrogen and oxygen atoms in total. The van der Waals surface area contributed by atoms with Crippen molar-refractivity contribution in [2.75, 3.05) is 13.2 Å². The van der Waals surface area contributed by atoms with E-state index in [1.165, 1.54) is 0 Å². The number of hydrogen-bond acceptors (Lipinski definition) is 5. The maximum Gasteiger partial charge on any atom is 0.298 e. The first-order valence-corrected chi connectivity index (χ1v) is 5.88. The molecule has 3 heterocycles. The van der Waals surface area contributed by atoms with Crippen molar-refractivity contribution in [3.05, 3.63) is 29.7 Å². The van der Waals surface area contributed by atoms with E-state index in [0.717, 1.165) is 10.8 Å². The van der Waals surface area contributed by atoms with Crippen molar-refractivity contribution >= 4 is 5.91 Å². The summed E-state index contributed by atoms with van der Waals surface area (Å²) in [4.78, 5) is 17.1. The smallest absolute Gasteiger partial charge is 0.298 e. The monoisotopic (exact) mass is 263 g/mol. The highest BCUT2D eigenvalue weighted by Crippen LogP contribution is 2.21. The summed E-state index contributed by atoms with van der Waals surface area (Å²) in [6.07, 6.45) is -0.643. The fourth-order valence-corrected chi connectivity index (χ4v) is 1.88. The van der Waals surface area contributed by atoms with Crippen LogP contribution in [0.4, 0.5) is 0 Å². The Kier molecular flexibility index (Phi) is 2.84. The van der Waals surface area contributed by atoms with Gasteiger partial charge in [0.25, 0.3) is 5.91 Å². The summed E-state index contributed by atoms with van der Waals surface area (Å²) in [7, 11) is 0. The number of carbonyl (C=O) groups is 1. The molecular weight excluding hydrogens is 250 g/mol. The molecule has 1 aliphatic heterocycles. The van der Waals surface area contributed by atoms with E-state index in [2.05, 4.69) is 10.2 Å². The van der Waals surface area contributed by atoms with Crippen LogP contribution in [0, 0.1) is 6.92 Å². The van der Waals surface area contributed by atoms with Crippen LogP contribution in [0.15, 0.2) is 22.6 Å². The highest BCUT2D eigenvalue weighted by Gasteiger charge is 2.28. The molecule has 2 aromatic heterocycles. The molecule has 1 aliphatic rings. The lowest BCUT2D eigenvalue weighted by molar-refractivity contribution is -0.0783. The zero-order chi connectivity index (χ0) is 13.4. The Bertz CT molecular complexity index is 604. The SMILES string of the molecule is Cc1ccc(-c2cc(C(=O)N3CC(O)CO3)n[nH]2)o1. The van der Waals surface area contributed by atoms with E-state index in [9.17, 15) is 9.90 Å². The lowest BCUT2D eigenvalue weighted by Crippen LogP contribution is -2.28. The zero-order valence-electron chi connectivity index (χ0n) is 10.3. The molecule has 0 aromatic carbocycles. The minimum Gasteiger partial charge on any atom is -0.460 e. The van der Waals surface area contributed by atoms with Crippen molar-refractivity contribution in [2.24, 2.45) is 0 Å². The van der Waals surface area contributed by atoms with Crippen LogP contribution in [-0.4, -0.2) is 45.5 Å². The quantitative estimate of drug-likeness (QED) is 0.833. The van der Waals surface area contributed by atoms with Crippen LogP contribution in [0.1, 0.15) is 16.2 Å². The Morgan fingerprint density at radius 2 is 2.42 bits per heavy atom. The fraction of sp³-hybridized carbons (Fsp3) is 0.333. The van der Waals surface area contributed by atoms with Crippen molar-refractivity contribution < 1.29 is 19.2 Å². The lowest BCUT2D eigenvalue weighted by Gasteiger charge is -2.11. The van der Waals surface area contributed by atoms with Crippen LogP contribution in [0.2, 0.25) is 0 Å². The topological polar surface area (TPSA) is 91.6 Å². The third-order valence-corrected chi connectivity index (χ3v) is 2.83. The molecule has 3 rings (SSSR count). The second kappa shape index (κ2) is 4.52. The van der Waals surface area contributed by atoms with E-state index in [4.69, 9.17) is 9.25 Å². The van der Waals surface area contributed by atoms with Crippen LogP contribution in [0.3, 0.4) is 0 Å². The maximum absolute atomic E-state index is 12.0. The van der Waals surface area contributed by atoms with Gasteiger partial charge in [0.15, 0.2) is 11.5 Å². The largest absolute Gasteiger partial charge is 0.460 e. The van der Waals surface area contributed by atoms with E-state index in [0.29, 0.717) is 11.5 Å². The Labute approximate surface area is 108 Å². The number of aromatic amines is 1. The van der Waals surface area contributed by atoms with Gasteiger partial charge in [-0.25, -0.2) is 5.06 Å². The van der Waals surface area contributed by atoms with E-state index in [1.54, 1.807) is 12.1 Å². The predicted molar refractivity (Wildman–Crippen MR) is 64.0 cm³/mol. The summed E-state index contributed by atoms with van der Waals surface area (Å²) in [5.41, 5.74) is 0.842. The molecule has 0 radical (unpaired) electrons. The number of aromatic nitrogens is 2. The number of hydrogen-bond donors (Lipinski definition) is 2. The zero-order valence-corrected chi connectivity index (χ0v) is 10.3. The number of furan rings is 1. The van der Waals surface area contributed by atoms with Gasteiger partial charge in [0.05, 0.1) is 6.54 Å². The van der Waals surface area contributed by atoms with Crippen molar-refractivity contribution in [2.45, 2.75) is 13.0 Å². The van der Waals surface area contributed by atoms with Gasteiger partial charge >= 0.3 is 0 Å². The standard InChI is InChI=1S/C12H13N3O4/c1-7-2-3-11(19-7)9-4-10(14-13-9)12(17)15-5-8(16)6-18-15/h2-4,8,16H,5-6H2,1H3,(H,13,14). The van der Waals surface area contributed by atoms with E-state index in [1.807, 2.05) is 13.0 Å². The Morgan fingerprint density at radius 3 is 3.05 bits per heavy atom. The molecule has 0 aliphatic carbocycles. The number of aryl methyl sites for hydroxylation is 1. The van der Waals surface area contributed by atoms with Crippen molar-refractivity contribution in [3.63, 3.8) is 0 Å². The number of aliphatic hydroxyl groups is 1. The van der Waals surface area contributed by atoms with Crippen LogP contribution in [0.5, 0.6) is 0 Å². The molecule has 1 unspecified atom stereocenters. The summed E-state index contributed by atoms with van der Waals surface area (Å²) < 4.78 is 5.44. The number of amides is 1. The molecule has 2 N–H and O–H groups in total. The van der Waals surface area contributed by atoms with Gasteiger partial charge in [0.2, 0.25) is 0 Å². The number of rotatable bonds is 2. The van der Waals surface area contributed by atoms with Crippen LogP contribution < -0.4 is 0 Å². The minimum absolute atomic E-state index is 0.125. The van der Waals surface area contributed by atoms with Gasteiger partial charge in [-0.15, -0.1) is 0 Å².